The molecular weight excluding hydrogens is 276 g/mol. The number of aliphatic hydroxyl groups excluding tert-OH is 1. The maximum absolute atomic E-state index is 12.7. The summed E-state index contributed by atoms with van der Waals surface area (Å²) in [5, 5.41) is 9.33. The molecule has 0 bridgehead atoms. The summed E-state index contributed by atoms with van der Waals surface area (Å²) < 4.78 is 28.4. The molecule has 1 saturated heterocycles. The molecule has 0 saturated carbocycles. The van der Waals surface area contributed by atoms with Crippen molar-refractivity contribution in [1.82, 2.24) is 8.61 Å². The molecule has 0 radical (unpaired) electrons. The molecule has 6 heteroatoms. The molecule has 5 nitrogen and oxygen atoms in total. The number of hydrogen-bond donors (Lipinski definition) is 1. The highest BCUT2D eigenvalue weighted by atomic mass is 32.2. The first kappa shape index (κ1) is 14.0. The second-order valence-electron chi connectivity index (χ2n) is 5.45. The van der Waals surface area contributed by atoms with Crippen LogP contribution in [0, 0.1) is 0 Å². The van der Waals surface area contributed by atoms with E-state index in [0.717, 1.165) is 24.8 Å². The van der Waals surface area contributed by atoms with Crippen molar-refractivity contribution >= 4 is 10.2 Å². The minimum Gasteiger partial charge on any atom is -0.395 e. The summed E-state index contributed by atoms with van der Waals surface area (Å²) in [5.41, 5.74) is 2.32. The third-order valence-electron chi connectivity index (χ3n) is 4.25. The van der Waals surface area contributed by atoms with Crippen LogP contribution >= 0.6 is 0 Å². The average Bonchev–Trinajstić information content (AvgIpc) is 2.96. The van der Waals surface area contributed by atoms with Gasteiger partial charge in [-0.25, -0.2) is 0 Å². The summed E-state index contributed by atoms with van der Waals surface area (Å²) in [6.07, 6.45) is 2.34. The van der Waals surface area contributed by atoms with Gasteiger partial charge in [-0.15, -0.1) is 0 Å². The topological polar surface area (TPSA) is 60.9 Å². The Bertz CT molecular complexity index is 588. The zero-order chi connectivity index (χ0) is 14.2. The molecule has 0 aliphatic carbocycles. The monoisotopic (exact) mass is 296 g/mol. The summed E-state index contributed by atoms with van der Waals surface area (Å²) in [6, 6.07) is 7.74. The van der Waals surface area contributed by atoms with Gasteiger partial charge in [0.1, 0.15) is 0 Å². The zero-order valence-corrected chi connectivity index (χ0v) is 12.2. The lowest BCUT2D eigenvalue weighted by Crippen LogP contribution is -2.48. The first-order valence-electron chi connectivity index (χ1n) is 7.07. The Balaban J connectivity index is 1.83. The van der Waals surface area contributed by atoms with Crippen LogP contribution in [-0.4, -0.2) is 47.9 Å². The maximum atomic E-state index is 12.7. The third kappa shape index (κ3) is 2.37. The quantitative estimate of drug-likeness (QED) is 0.895. The molecule has 2 heterocycles. The van der Waals surface area contributed by atoms with E-state index in [1.165, 1.54) is 9.87 Å². The Labute approximate surface area is 120 Å². The molecule has 1 aromatic carbocycles. The summed E-state index contributed by atoms with van der Waals surface area (Å²) in [6.45, 7) is 1.39. The number of fused-ring (bicyclic) bond motifs is 1. The van der Waals surface area contributed by atoms with Gasteiger partial charge in [0.2, 0.25) is 0 Å². The van der Waals surface area contributed by atoms with Gasteiger partial charge in [-0.3, -0.25) is 0 Å². The van der Waals surface area contributed by atoms with Crippen LogP contribution in [-0.2, 0) is 23.2 Å². The van der Waals surface area contributed by atoms with Crippen molar-refractivity contribution in [2.75, 3.05) is 19.7 Å². The summed E-state index contributed by atoms with van der Waals surface area (Å²) in [7, 11) is -3.46. The minimum absolute atomic E-state index is 0.0936. The Kier molecular flexibility index (Phi) is 3.81. The average molecular weight is 296 g/mol. The molecule has 0 unspecified atom stereocenters. The van der Waals surface area contributed by atoms with E-state index >= 15 is 0 Å². The van der Waals surface area contributed by atoms with E-state index in [9.17, 15) is 13.5 Å². The summed E-state index contributed by atoms with van der Waals surface area (Å²) in [5.74, 6) is 0. The molecule has 1 atom stereocenters. The second kappa shape index (κ2) is 5.44. The van der Waals surface area contributed by atoms with Crippen molar-refractivity contribution in [1.29, 1.82) is 0 Å². The number of rotatable bonds is 3. The molecule has 0 amide bonds. The van der Waals surface area contributed by atoms with Crippen LogP contribution in [0.3, 0.4) is 0 Å². The molecule has 110 valence electrons. The van der Waals surface area contributed by atoms with Crippen LogP contribution < -0.4 is 0 Å². The molecule has 0 aromatic heterocycles. The maximum Gasteiger partial charge on any atom is 0.282 e. The van der Waals surface area contributed by atoms with Gasteiger partial charge >= 0.3 is 0 Å². The van der Waals surface area contributed by atoms with Crippen molar-refractivity contribution in [3.8, 4) is 0 Å². The van der Waals surface area contributed by atoms with Crippen molar-refractivity contribution in [3.63, 3.8) is 0 Å². The van der Waals surface area contributed by atoms with Gasteiger partial charge in [0, 0.05) is 25.7 Å². The molecule has 2 aliphatic rings. The van der Waals surface area contributed by atoms with E-state index in [1.54, 1.807) is 4.31 Å². The fraction of sp³-hybridized carbons (Fsp3) is 0.571. The van der Waals surface area contributed by atoms with Gasteiger partial charge in [-0.05, 0) is 30.4 Å². The molecule has 0 spiro atoms. The molecule has 2 aliphatic heterocycles. The second-order valence-corrected chi connectivity index (χ2v) is 7.33. The summed E-state index contributed by atoms with van der Waals surface area (Å²) >= 11 is 0. The highest BCUT2D eigenvalue weighted by Crippen LogP contribution is 2.27. The predicted octanol–water partition coefficient (Wildman–Crippen LogP) is 0.746. The van der Waals surface area contributed by atoms with E-state index in [-0.39, 0.29) is 12.6 Å². The number of aliphatic hydroxyl groups is 1. The van der Waals surface area contributed by atoms with Crippen molar-refractivity contribution in [3.05, 3.63) is 35.4 Å². The van der Waals surface area contributed by atoms with Crippen molar-refractivity contribution < 1.29 is 13.5 Å². The lowest BCUT2D eigenvalue weighted by molar-refractivity contribution is 0.204. The summed E-state index contributed by atoms with van der Waals surface area (Å²) in [4.78, 5) is 0. The molecule has 1 fully saturated rings. The van der Waals surface area contributed by atoms with E-state index in [0.29, 0.717) is 19.6 Å². The number of nitrogens with zero attached hydrogens (tertiary/aromatic N) is 2. The Morgan fingerprint density at radius 2 is 1.95 bits per heavy atom. The molecule has 1 aromatic rings. The fourth-order valence-electron chi connectivity index (χ4n) is 3.11. The minimum atomic E-state index is -3.46. The van der Waals surface area contributed by atoms with Gasteiger partial charge in [0.15, 0.2) is 0 Å². The largest absolute Gasteiger partial charge is 0.395 e. The van der Waals surface area contributed by atoms with E-state index < -0.39 is 10.2 Å². The number of hydrogen-bond acceptors (Lipinski definition) is 3. The lowest BCUT2D eigenvalue weighted by Gasteiger charge is -2.33. The Morgan fingerprint density at radius 3 is 2.70 bits per heavy atom. The van der Waals surface area contributed by atoms with Gasteiger partial charge in [-0.2, -0.15) is 17.0 Å². The van der Waals surface area contributed by atoms with Crippen LogP contribution in [0.15, 0.2) is 24.3 Å². The molecule has 3 rings (SSSR count). The molecule has 1 N–H and O–H groups in total. The lowest BCUT2D eigenvalue weighted by atomic mass is 10.0. The van der Waals surface area contributed by atoms with Gasteiger partial charge in [0.05, 0.1) is 6.61 Å². The van der Waals surface area contributed by atoms with Crippen LogP contribution in [0.2, 0.25) is 0 Å². The van der Waals surface area contributed by atoms with Crippen LogP contribution in [0.25, 0.3) is 0 Å². The van der Waals surface area contributed by atoms with E-state index in [2.05, 4.69) is 6.07 Å². The molecular formula is C14H20N2O3S. The smallest absolute Gasteiger partial charge is 0.282 e. The SMILES string of the molecule is O=S(=O)(N1CCc2ccccc2C1)N1CCC[C@H]1CO. The highest BCUT2D eigenvalue weighted by Gasteiger charge is 2.38. The zero-order valence-electron chi connectivity index (χ0n) is 11.4. The fourth-order valence-corrected chi connectivity index (χ4v) is 4.94. The Morgan fingerprint density at radius 1 is 1.20 bits per heavy atom. The van der Waals surface area contributed by atoms with E-state index in [1.807, 2.05) is 18.2 Å². The van der Waals surface area contributed by atoms with Gasteiger partial charge < -0.3 is 5.11 Å². The van der Waals surface area contributed by atoms with Crippen LogP contribution in [0.4, 0.5) is 0 Å². The van der Waals surface area contributed by atoms with E-state index in [4.69, 9.17) is 0 Å². The first-order chi connectivity index (χ1) is 9.63. The van der Waals surface area contributed by atoms with Crippen molar-refractivity contribution in [2.45, 2.75) is 31.8 Å². The van der Waals surface area contributed by atoms with Gasteiger partial charge in [0.25, 0.3) is 10.2 Å². The first-order valence-corrected chi connectivity index (χ1v) is 8.47. The molecule has 20 heavy (non-hydrogen) atoms. The van der Waals surface area contributed by atoms with Gasteiger partial charge in [-0.1, -0.05) is 24.3 Å². The Hall–Kier alpha value is -0.950. The number of benzene rings is 1. The van der Waals surface area contributed by atoms with Crippen LogP contribution in [0.5, 0.6) is 0 Å². The predicted molar refractivity (Wildman–Crippen MR) is 76.3 cm³/mol. The highest BCUT2D eigenvalue weighted by molar-refractivity contribution is 7.86. The standard InChI is InChI=1S/C14H20N2O3S/c17-11-14-6-3-8-16(14)20(18,19)15-9-7-12-4-1-2-5-13(12)10-15/h1-2,4-5,14,17H,3,6-11H2/t14-/m0/s1. The van der Waals surface area contributed by atoms with Crippen molar-refractivity contribution in [2.24, 2.45) is 0 Å². The van der Waals surface area contributed by atoms with Crippen LogP contribution in [0.1, 0.15) is 24.0 Å². The third-order valence-corrected chi connectivity index (χ3v) is 6.29. The normalized spacial score (nSPS) is 24.8.